The van der Waals surface area contributed by atoms with E-state index in [4.69, 9.17) is 11.6 Å². The molecule has 17 heavy (non-hydrogen) atoms. The SMILES string of the molecule is CCNC(c1cccc(Cl)c1)C1CCCCS1. The molecule has 1 nitrogen and oxygen atoms in total. The fraction of sp³-hybridized carbons (Fsp3) is 0.571. The summed E-state index contributed by atoms with van der Waals surface area (Å²) < 4.78 is 0. The molecule has 3 heteroatoms. The van der Waals surface area contributed by atoms with Crippen LogP contribution < -0.4 is 5.32 Å². The van der Waals surface area contributed by atoms with Gasteiger partial charge in [-0.2, -0.15) is 11.8 Å². The van der Waals surface area contributed by atoms with E-state index in [1.54, 1.807) is 0 Å². The van der Waals surface area contributed by atoms with E-state index in [9.17, 15) is 0 Å². The maximum atomic E-state index is 6.09. The molecule has 1 N–H and O–H groups in total. The molecule has 1 aromatic carbocycles. The van der Waals surface area contributed by atoms with Gasteiger partial charge >= 0.3 is 0 Å². The first-order chi connectivity index (χ1) is 8.31. The third-order valence-corrected chi connectivity index (χ3v) is 4.91. The lowest BCUT2D eigenvalue weighted by Gasteiger charge is -2.30. The van der Waals surface area contributed by atoms with E-state index in [-0.39, 0.29) is 0 Å². The lowest BCUT2D eigenvalue weighted by molar-refractivity contribution is 0.491. The van der Waals surface area contributed by atoms with Crippen LogP contribution in [0.15, 0.2) is 24.3 Å². The second kappa shape index (κ2) is 6.67. The van der Waals surface area contributed by atoms with Crippen molar-refractivity contribution in [3.05, 3.63) is 34.9 Å². The highest BCUT2D eigenvalue weighted by Crippen LogP contribution is 2.35. The molecule has 0 radical (unpaired) electrons. The zero-order valence-electron chi connectivity index (χ0n) is 10.3. The van der Waals surface area contributed by atoms with E-state index >= 15 is 0 Å². The number of halogens is 1. The lowest BCUT2D eigenvalue weighted by Crippen LogP contribution is -2.31. The Hall–Kier alpha value is -0.180. The molecule has 1 aromatic rings. The van der Waals surface area contributed by atoms with Crippen LogP contribution in [0.2, 0.25) is 5.02 Å². The molecule has 0 aromatic heterocycles. The summed E-state index contributed by atoms with van der Waals surface area (Å²) in [6.45, 7) is 3.18. The predicted octanol–water partition coefficient (Wildman–Crippen LogP) is 4.28. The van der Waals surface area contributed by atoms with Crippen LogP contribution >= 0.6 is 23.4 Å². The largest absolute Gasteiger partial charge is 0.309 e. The standard InChI is InChI=1S/C14H20ClNS/c1-2-16-14(13-8-3-4-9-17-13)11-6-5-7-12(15)10-11/h5-7,10,13-14,16H,2-4,8-9H2,1H3. The van der Waals surface area contributed by atoms with Gasteiger partial charge in [0.2, 0.25) is 0 Å². The summed E-state index contributed by atoms with van der Waals surface area (Å²) in [5, 5.41) is 5.15. The normalized spacial score (nSPS) is 22.4. The summed E-state index contributed by atoms with van der Waals surface area (Å²) in [5.41, 5.74) is 1.33. The molecule has 1 aliphatic heterocycles. The van der Waals surface area contributed by atoms with Crippen molar-refractivity contribution in [3.63, 3.8) is 0 Å². The minimum Gasteiger partial charge on any atom is -0.309 e. The van der Waals surface area contributed by atoms with Crippen LogP contribution in [0.1, 0.15) is 37.8 Å². The first-order valence-corrected chi connectivity index (χ1v) is 7.84. The van der Waals surface area contributed by atoms with Crippen molar-refractivity contribution in [1.29, 1.82) is 0 Å². The molecule has 0 aliphatic carbocycles. The van der Waals surface area contributed by atoms with Gasteiger partial charge in [0, 0.05) is 16.3 Å². The summed E-state index contributed by atoms with van der Waals surface area (Å²) >= 11 is 8.20. The summed E-state index contributed by atoms with van der Waals surface area (Å²) in [5.74, 6) is 1.30. The quantitative estimate of drug-likeness (QED) is 0.876. The molecule has 0 amide bonds. The topological polar surface area (TPSA) is 12.0 Å². The average Bonchev–Trinajstić information content (AvgIpc) is 2.37. The minimum absolute atomic E-state index is 0.448. The molecule has 1 fully saturated rings. The Bertz CT molecular complexity index is 350. The maximum Gasteiger partial charge on any atom is 0.0441 e. The molecule has 1 aliphatic rings. The first kappa shape index (κ1) is 13.3. The van der Waals surface area contributed by atoms with E-state index in [0.717, 1.165) is 11.6 Å². The van der Waals surface area contributed by atoms with Crippen LogP contribution in [0.5, 0.6) is 0 Å². The average molecular weight is 270 g/mol. The van der Waals surface area contributed by atoms with Crippen molar-refractivity contribution in [2.24, 2.45) is 0 Å². The van der Waals surface area contributed by atoms with Crippen LogP contribution in [0, 0.1) is 0 Å². The number of benzene rings is 1. The van der Waals surface area contributed by atoms with Crippen LogP contribution in [0.4, 0.5) is 0 Å². The van der Waals surface area contributed by atoms with Crippen molar-refractivity contribution in [2.75, 3.05) is 12.3 Å². The van der Waals surface area contributed by atoms with Crippen LogP contribution in [-0.4, -0.2) is 17.5 Å². The fourth-order valence-corrected chi connectivity index (χ4v) is 4.06. The van der Waals surface area contributed by atoms with Gasteiger partial charge in [-0.25, -0.2) is 0 Å². The molecule has 0 saturated carbocycles. The highest BCUT2D eigenvalue weighted by molar-refractivity contribution is 8.00. The van der Waals surface area contributed by atoms with Crippen molar-refractivity contribution in [2.45, 2.75) is 37.5 Å². The highest BCUT2D eigenvalue weighted by atomic mass is 35.5. The number of thioether (sulfide) groups is 1. The van der Waals surface area contributed by atoms with E-state index < -0.39 is 0 Å². The predicted molar refractivity (Wildman–Crippen MR) is 78.0 cm³/mol. The number of nitrogens with one attached hydrogen (secondary N) is 1. The lowest BCUT2D eigenvalue weighted by atomic mass is 9.99. The van der Waals surface area contributed by atoms with Gasteiger partial charge in [-0.05, 0) is 42.8 Å². The Morgan fingerprint density at radius 1 is 1.47 bits per heavy atom. The van der Waals surface area contributed by atoms with Gasteiger partial charge in [-0.3, -0.25) is 0 Å². The Kier molecular flexibility index (Phi) is 5.20. The van der Waals surface area contributed by atoms with Gasteiger partial charge in [-0.15, -0.1) is 0 Å². The van der Waals surface area contributed by atoms with Gasteiger partial charge in [-0.1, -0.05) is 37.1 Å². The monoisotopic (exact) mass is 269 g/mol. The van der Waals surface area contributed by atoms with Crippen LogP contribution in [-0.2, 0) is 0 Å². The number of hydrogen-bond donors (Lipinski definition) is 1. The molecular weight excluding hydrogens is 250 g/mol. The van der Waals surface area contributed by atoms with Crippen molar-refractivity contribution in [1.82, 2.24) is 5.32 Å². The van der Waals surface area contributed by atoms with Gasteiger partial charge in [0.05, 0.1) is 0 Å². The molecule has 2 unspecified atom stereocenters. The molecule has 2 rings (SSSR count). The molecule has 94 valence electrons. The summed E-state index contributed by atoms with van der Waals surface area (Å²) in [7, 11) is 0. The first-order valence-electron chi connectivity index (χ1n) is 6.41. The summed E-state index contributed by atoms with van der Waals surface area (Å²) in [6.07, 6.45) is 4.05. The molecule has 1 heterocycles. The van der Waals surface area contributed by atoms with Crippen molar-refractivity contribution >= 4 is 23.4 Å². The second-order valence-corrected chi connectivity index (χ2v) is 6.28. The van der Waals surface area contributed by atoms with Crippen molar-refractivity contribution in [3.8, 4) is 0 Å². The smallest absolute Gasteiger partial charge is 0.0441 e. The second-order valence-electron chi connectivity index (χ2n) is 4.50. The highest BCUT2D eigenvalue weighted by Gasteiger charge is 2.24. The van der Waals surface area contributed by atoms with Gasteiger partial charge < -0.3 is 5.32 Å². The molecule has 2 atom stereocenters. The van der Waals surface area contributed by atoms with Crippen LogP contribution in [0.3, 0.4) is 0 Å². The fourth-order valence-electron chi connectivity index (χ4n) is 2.41. The summed E-state index contributed by atoms with van der Waals surface area (Å²) in [6, 6.07) is 8.74. The number of hydrogen-bond acceptors (Lipinski definition) is 2. The third-order valence-electron chi connectivity index (χ3n) is 3.22. The van der Waals surface area contributed by atoms with E-state index in [2.05, 4.69) is 42.2 Å². The Morgan fingerprint density at radius 2 is 2.35 bits per heavy atom. The molecule has 0 spiro atoms. The van der Waals surface area contributed by atoms with E-state index in [1.165, 1.54) is 30.6 Å². The molecule has 0 bridgehead atoms. The summed E-state index contributed by atoms with van der Waals surface area (Å²) in [4.78, 5) is 0. The zero-order chi connectivity index (χ0) is 12.1. The minimum atomic E-state index is 0.448. The zero-order valence-corrected chi connectivity index (χ0v) is 11.9. The number of rotatable bonds is 4. The van der Waals surface area contributed by atoms with E-state index in [1.807, 2.05) is 6.07 Å². The van der Waals surface area contributed by atoms with Gasteiger partial charge in [0.15, 0.2) is 0 Å². The van der Waals surface area contributed by atoms with Crippen molar-refractivity contribution < 1.29 is 0 Å². The van der Waals surface area contributed by atoms with Crippen LogP contribution in [0.25, 0.3) is 0 Å². The Morgan fingerprint density at radius 3 is 3.00 bits per heavy atom. The third kappa shape index (κ3) is 3.64. The molecular formula is C14H20ClNS. The van der Waals surface area contributed by atoms with E-state index in [0.29, 0.717) is 11.3 Å². The van der Waals surface area contributed by atoms with Gasteiger partial charge in [0.1, 0.15) is 0 Å². The van der Waals surface area contributed by atoms with Gasteiger partial charge in [0.25, 0.3) is 0 Å². The molecule has 1 saturated heterocycles. The Balaban J connectivity index is 2.15. The Labute approximate surface area is 113 Å². The maximum absolute atomic E-state index is 6.09.